The molecule has 0 radical (unpaired) electrons. The van der Waals surface area contributed by atoms with E-state index in [1.807, 2.05) is 0 Å². The quantitative estimate of drug-likeness (QED) is 0.703. The Bertz CT molecular complexity index is 1030. The van der Waals surface area contributed by atoms with Crippen LogP contribution in [0.15, 0.2) is 41.4 Å². The predicted molar refractivity (Wildman–Crippen MR) is 106 cm³/mol. The monoisotopic (exact) mass is 440 g/mol. The molecule has 1 aliphatic rings. The highest BCUT2D eigenvalue weighted by Gasteiger charge is 2.33. The zero-order chi connectivity index (χ0) is 22.1. The van der Waals surface area contributed by atoms with Crippen molar-refractivity contribution in [3.05, 3.63) is 58.9 Å². The summed E-state index contributed by atoms with van der Waals surface area (Å²) in [5, 5.41) is 2.81. The van der Waals surface area contributed by atoms with Gasteiger partial charge in [0.1, 0.15) is 5.69 Å². The van der Waals surface area contributed by atoms with Gasteiger partial charge in [-0.1, -0.05) is 25.0 Å². The van der Waals surface area contributed by atoms with Gasteiger partial charge in [0, 0.05) is 30.5 Å². The Kier molecular flexibility index (Phi) is 6.21. The van der Waals surface area contributed by atoms with Crippen molar-refractivity contribution in [1.29, 1.82) is 0 Å². The van der Waals surface area contributed by atoms with Crippen molar-refractivity contribution < 1.29 is 26.4 Å². The second-order valence-electron chi connectivity index (χ2n) is 7.81. The molecule has 1 N–H and O–H groups in total. The van der Waals surface area contributed by atoms with Gasteiger partial charge in [0.2, 0.25) is 0 Å². The van der Waals surface area contributed by atoms with Crippen molar-refractivity contribution in [2.75, 3.05) is 12.8 Å². The summed E-state index contributed by atoms with van der Waals surface area (Å²) in [6, 6.07) is 6.73. The molecule has 1 unspecified atom stereocenters. The molecule has 9 heteroatoms. The molecule has 5 nitrogen and oxygen atoms in total. The van der Waals surface area contributed by atoms with Crippen LogP contribution in [0.2, 0.25) is 0 Å². The van der Waals surface area contributed by atoms with Crippen molar-refractivity contribution in [1.82, 2.24) is 10.3 Å². The Labute approximate surface area is 173 Å². The molecular weight excluding hydrogens is 417 g/mol. The second-order valence-corrected chi connectivity index (χ2v) is 9.83. The molecule has 0 aliphatic heterocycles. The molecule has 1 heterocycles. The summed E-state index contributed by atoms with van der Waals surface area (Å²) >= 11 is 0. The highest BCUT2D eigenvalue weighted by Crippen LogP contribution is 2.38. The van der Waals surface area contributed by atoms with Gasteiger partial charge in [0.15, 0.2) is 9.84 Å². The van der Waals surface area contributed by atoms with E-state index in [2.05, 4.69) is 10.3 Å². The molecule has 1 aliphatic carbocycles. The number of pyridine rings is 1. The van der Waals surface area contributed by atoms with Gasteiger partial charge >= 0.3 is 6.18 Å². The molecule has 1 atom stereocenters. The van der Waals surface area contributed by atoms with E-state index in [0.717, 1.165) is 31.6 Å². The molecule has 30 heavy (non-hydrogen) atoms. The van der Waals surface area contributed by atoms with Crippen molar-refractivity contribution in [3.8, 4) is 0 Å². The second kappa shape index (κ2) is 8.37. The summed E-state index contributed by atoms with van der Waals surface area (Å²) in [7, 11) is -3.45. The first-order valence-electron chi connectivity index (χ1n) is 9.57. The Hall–Kier alpha value is -2.42. The SMILES string of the molecule is Cc1ccc(S(C)(=O)=O)cc1C(=O)NCC(CC1CC1)c1ccc(C(F)(F)F)nc1. The number of alkyl halides is 3. The largest absolute Gasteiger partial charge is 0.433 e. The van der Waals surface area contributed by atoms with Crippen LogP contribution in [0.1, 0.15) is 52.4 Å². The lowest BCUT2D eigenvalue weighted by molar-refractivity contribution is -0.141. The summed E-state index contributed by atoms with van der Waals surface area (Å²) in [5.74, 6) is -0.0993. The van der Waals surface area contributed by atoms with Crippen LogP contribution in [0.25, 0.3) is 0 Å². The van der Waals surface area contributed by atoms with Crippen LogP contribution in [-0.4, -0.2) is 32.1 Å². The molecular formula is C21H23F3N2O3S. The van der Waals surface area contributed by atoms with Crippen LogP contribution >= 0.6 is 0 Å². The first-order chi connectivity index (χ1) is 13.9. The third kappa shape index (κ3) is 5.59. The van der Waals surface area contributed by atoms with E-state index in [1.54, 1.807) is 13.0 Å². The van der Waals surface area contributed by atoms with Gasteiger partial charge in [0.25, 0.3) is 5.91 Å². The number of sulfone groups is 1. The van der Waals surface area contributed by atoms with E-state index in [9.17, 15) is 26.4 Å². The summed E-state index contributed by atoms with van der Waals surface area (Å²) < 4.78 is 61.9. The minimum atomic E-state index is -4.50. The zero-order valence-electron chi connectivity index (χ0n) is 16.7. The van der Waals surface area contributed by atoms with Crippen molar-refractivity contribution >= 4 is 15.7 Å². The van der Waals surface area contributed by atoms with Gasteiger partial charge in [-0.3, -0.25) is 9.78 Å². The number of halogens is 3. The summed E-state index contributed by atoms with van der Waals surface area (Å²) in [6.07, 6.45) is 0.665. The normalized spacial score (nSPS) is 15.6. The van der Waals surface area contributed by atoms with E-state index in [1.165, 1.54) is 24.4 Å². The van der Waals surface area contributed by atoms with Crippen LogP contribution in [-0.2, 0) is 16.0 Å². The molecule has 3 rings (SSSR count). The third-order valence-corrected chi connectivity index (χ3v) is 6.36. The number of benzene rings is 1. The molecule has 1 aromatic heterocycles. The van der Waals surface area contributed by atoms with E-state index in [-0.39, 0.29) is 22.9 Å². The predicted octanol–water partition coefficient (Wildman–Crippen LogP) is 4.13. The Morgan fingerprint density at radius 1 is 1.23 bits per heavy atom. The van der Waals surface area contributed by atoms with Gasteiger partial charge in [-0.05, 0) is 48.6 Å². The van der Waals surface area contributed by atoms with Gasteiger partial charge in [-0.25, -0.2) is 8.42 Å². The zero-order valence-corrected chi connectivity index (χ0v) is 17.5. The lowest BCUT2D eigenvalue weighted by Gasteiger charge is -2.19. The average molecular weight is 440 g/mol. The van der Waals surface area contributed by atoms with Gasteiger partial charge < -0.3 is 5.32 Å². The van der Waals surface area contributed by atoms with Crippen LogP contribution in [0.4, 0.5) is 13.2 Å². The first-order valence-corrected chi connectivity index (χ1v) is 11.5. The van der Waals surface area contributed by atoms with Gasteiger partial charge in [-0.15, -0.1) is 0 Å². The van der Waals surface area contributed by atoms with Crippen LogP contribution in [0.5, 0.6) is 0 Å². The third-order valence-electron chi connectivity index (χ3n) is 5.25. The highest BCUT2D eigenvalue weighted by molar-refractivity contribution is 7.90. The maximum atomic E-state index is 12.8. The summed E-state index contributed by atoms with van der Waals surface area (Å²) in [6.45, 7) is 1.94. The molecule has 2 aromatic rings. The van der Waals surface area contributed by atoms with Crippen LogP contribution in [0.3, 0.4) is 0 Å². The van der Waals surface area contributed by atoms with Crippen molar-refractivity contribution in [2.24, 2.45) is 5.92 Å². The average Bonchev–Trinajstić information content (AvgIpc) is 3.48. The number of aromatic nitrogens is 1. The van der Waals surface area contributed by atoms with Crippen LogP contribution in [0, 0.1) is 12.8 Å². The number of amides is 1. The molecule has 0 spiro atoms. The lowest BCUT2D eigenvalue weighted by Crippen LogP contribution is -2.29. The first kappa shape index (κ1) is 22.3. The van der Waals surface area contributed by atoms with Gasteiger partial charge in [0.05, 0.1) is 4.90 Å². The smallest absolute Gasteiger partial charge is 0.351 e. The Morgan fingerprint density at radius 3 is 2.47 bits per heavy atom. The lowest BCUT2D eigenvalue weighted by atomic mass is 9.94. The fourth-order valence-corrected chi connectivity index (χ4v) is 3.94. The standard InChI is InChI=1S/C21H23F3N2O3S/c1-13-3-7-17(30(2,28)29)10-18(13)20(27)26-12-16(9-14-4-5-14)15-6-8-19(25-11-15)21(22,23)24/h3,6-8,10-11,14,16H,4-5,9,12H2,1-2H3,(H,26,27). The van der Waals surface area contributed by atoms with E-state index in [0.29, 0.717) is 17.0 Å². The topological polar surface area (TPSA) is 76.1 Å². The Morgan fingerprint density at radius 2 is 1.93 bits per heavy atom. The number of hydrogen-bond donors (Lipinski definition) is 1. The summed E-state index contributed by atoms with van der Waals surface area (Å²) in [5.41, 5.74) is 0.578. The minimum Gasteiger partial charge on any atom is -0.351 e. The van der Waals surface area contributed by atoms with Gasteiger partial charge in [-0.2, -0.15) is 13.2 Å². The highest BCUT2D eigenvalue weighted by atomic mass is 32.2. The maximum absolute atomic E-state index is 12.8. The number of nitrogens with zero attached hydrogens (tertiary/aromatic N) is 1. The fourth-order valence-electron chi connectivity index (χ4n) is 3.30. The molecule has 1 aromatic carbocycles. The molecule has 0 bridgehead atoms. The molecule has 1 fully saturated rings. The number of rotatable bonds is 7. The number of aryl methyl sites for hydroxylation is 1. The molecule has 0 saturated heterocycles. The Balaban J connectivity index is 1.76. The molecule has 162 valence electrons. The number of carbonyl (C=O) groups excluding carboxylic acids is 1. The minimum absolute atomic E-state index is 0.0553. The number of carbonyl (C=O) groups is 1. The van der Waals surface area contributed by atoms with Crippen molar-refractivity contribution in [3.63, 3.8) is 0 Å². The fraction of sp³-hybridized carbons (Fsp3) is 0.429. The van der Waals surface area contributed by atoms with Crippen LogP contribution < -0.4 is 5.32 Å². The van der Waals surface area contributed by atoms with Crippen molar-refractivity contribution in [2.45, 2.75) is 43.2 Å². The maximum Gasteiger partial charge on any atom is 0.433 e. The number of nitrogens with one attached hydrogen (secondary N) is 1. The van der Waals surface area contributed by atoms with E-state index < -0.39 is 27.6 Å². The molecule has 1 amide bonds. The summed E-state index contributed by atoms with van der Waals surface area (Å²) in [4.78, 5) is 16.3. The molecule has 1 saturated carbocycles. The van der Waals surface area contributed by atoms with E-state index >= 15 is 0 Å². The number of hydrogen-bond acceptors (Lipinski definition) is 4. The van der Waals surface area contributed by atoms with E-state index in [4.69, 9.17) is 0 Å².